The van der Waals surface area contributed by atoms with Gasteiger partial charge in [-0.3, -0.25) is 4.79 Å². The minimum Gasteiger partial charge on any atom is -0.436 e. The van der Waals surface area contributed by atoms with Gasteiger partial charge in [-0.1, -0.05) is 26.0 Å². The van der Waals surface area contributed by atoms with Gasteiger partial charge in [0.25, 0.3) is 5.91 Å². The fourth-order valence-corrected chi connectivity index (χ4v) is 1.91. The highest BCUT2D eigenvalue weighted by Gasteiger charge is 2.21. The van der Waals surface area contributed by atoms with Crippen LogP contribution in [0.1, 0.15) is 47.5 Å². The number of nitrogens with one attached hydrogen (secondary N) is 1. The number of aromatic nitrogens is 1. The average molecular weight is 258 g/mol. The van der Waals surface area contributed by atoms with E-state index in [0.29, 0.717) is 17.3 Å². The number of carbonyl (C=O) groups is 1. The quantitative estimate of drug-likeness (QED) is 0.913. The molecule has 0 saturated heterocycles. The third-order valence-corrected chi connectivity index (χ3v) is 2.79. The Morgan fingerprint density at radius 3 is 2.68 bits per heavy atom. The Labute approximate surface area is 112 Å². The average Bonchev–Trinajstić information content (AvgIpc) is 2.71. The van der Waals surface area contributed by atoms with E-state index >= 15 is 0 Å². The number of rotatable bonds is 3. The molecular weight excluding hydrogens is 240 g/mol. The van der Waals surface area contributed by atoms with Gasteiger partial charge in [0.15, 0.2) is 5.89 Å². The third kappa shape index (κ3) is 3.02. The maximum atomic E-state index is 12.2. The van der Waals surface area contributed by atoms with Gasteiger partial charge >= 0.3 is 0 Å². The van der Waals surface area contributed by atoms with Crippen molar-refractivity contribution in [2.24, 2.45) is 0 Å². The smallest absolute Gasteiger partial charge is 0.293 e. The molecule has 0 bridgehead atoms. The van der Waals surface area contributed by atoms with Crippen LogP contribution in [0.3, 0.4) is 0 Å². The van der Waals surface area contributed by atoms with Crippen molar-refractivity contribution in [2.45, 2.75) is 33.6 Å². The minimum absolute atomic E-state index is 0.149. The summed E-state index contributed by atoms with van der Waals surface area (Å²) >= 11 is 0. The Kier molecular flexibility index (Phi) is 3.69. The molecule has 100 valence electrons. The van der Waals surface area contributed by atoms with Gasteiger partial charge in [-0.05, 0) is 30.5 Å². The molecular formula is C15H18N2O2. The molecule has 1 N–H and O–H groups in total. The van der Waals surface area contributed by atoms with Crippen LogP contribution in [0.5, 0.6) is 0 Å². The molecule has 4 nitrogen and oxygen atoms in total. The maximum Gasteiger partial charge on any atom is 0.293 e. The highest BCUT2D eigenvalue weighted by atomic mass is 16.4. The second-order valence-corrected chi connectivity index (χ2v) is 4.93. The first-order valence-corrected chi connectivity index (χ1v) is 6.32. The predicted molar refractivity (Wildman–Crippen MR) is 74.5 cm³/mol. The monoisotopic (exact) mass is 258 g/mol. The van der Waals surface area contributed by atoms with Gasteiger partial charge in [0, 0.05) is 12.6 Å². The molecule has 2 aromatic rings. The van der Waals surface area contributed by atoms with Crippen LogP contribution in [0.15, 0.2) is 28.7 Å². The number of aryl methyl sites for hydroxylation is 2. The van der Waals surface area contributed by atoms with Crippen LogP contribution in [-0.2, 0) is 0 Å². The predicted octanol–water partition coefficient (Wildman–Crippen LogP) is 3.67. The van der Waals surface area contributed by atoms with Crippen molar-refractivity contribution in [3.63, 3.8) is 0 Å². The van der Waals surface area contributed by atoms with Crippen LogP contribution in [0.2, 0.25) is 0 Å². The Morgan fingerprint density at radius 2 is 2.05 bits per heavy atom. The zero-order chi connectivity index (χ0) is 14.0. The van der Waals surface area contributed by atoms with Crippen molar-refractivity contribution in [3.05, 3.63) is 47.2 Å². The first-order chi connectivity index (χ1) is 8.97. The molecule has 0 unspecified atom stereocenters. The molecule has 0 saturated carbocycles. The van der Waals surface area contributed by atoms with Gasteiger partial charge in [-0.15, -0.1) is 0 Å². The number of oxazole rings is 1. The normalized spacial score (nSPS) is 10.8. The molecule has 0 radical (unpaired) electrons. The molecule has 0 spiro atoms. The zero-order valence-corrected chi connectivity index (χ0v) is 11.7. The lowest BCUT2D eigenvalue weighted by Crippen LogP contribution is -2.13. The van der Waals surface area contributed by atoms with Crippen molar-refractivity contribution in [3.8, 4) is 0 Å². The Morgan fingerprint density at radius 1 is 1.32 bits per heavy atom. The van der Waals surface area contributed by atoms with Crippen LogP contribution in [0, 0.1) is 13.8 Å². The molecule has 1 amide bonds. The fourth-order valence-electron chi connectivity index (χ4n) is 1.91. The van der Waals surface area contributed by atoms with Gasteiger partial charge in [0.05, 0.1) is 5.69 Å². The van der Waals surface area contributed by atoms with Gasteiger partial charge in [-0.2, -0.15) is 0 Å². The summed E-state index contributed by atoms with van der Waals surface area (Å²) in [6.45, 7) is 7.70. The van der Waals surface area contributed by atoms with Crippen LogP contribution >= 0.6 is 0 Å². The van der Waals surface area contributed by atoms with E-state index in [2.05, 4.69) is 10.3 Å². The molecule has 0 aliphatic heterocycles. The van der Waals surface area contributed by atoms with E-state index in [1.54, 1.807) is 6.92 Å². The van der Waals surface area contributed by atoms with Crippen molar-refractivity contribution in [2.75, 3.05) is 5.32 Å². The lowest BCUT2D eigenvalue weighted by Gasteiger charge is -2.06. The summed E-state index contributed by atoms with van der Waals surface area (Å²) in [6.07, 6.45) is 0. The molecule has 0 aliphatic carbocycles. The van der Waals surface area contributed by atoms with E-state index in [1.807, 2.05) is 45.0 Å². The standard InChI is InChI=1S/C15H18N2O2/c1-9(2)13-14(19-11(4)16-13)15(18)17-12-7-5-6-10(3)8-12/h5-9H,1-4H3,(H,17,18). The van der Waals surface area contributed by atoms with E-state index in [-0.39, 0.29) is 11.8 Å². The van der Waals surface area contributed by atoms with Gasteiger partial charge in [-0.25, -0.2) is 4.98 Å². The van der Waals surface area contributed by atoms with Crippen LogP contribution < -0.4 is 5.32 Å². The number of hydrogen-bond donors (Lipinski definition) is 1. The van der Waals surface area contributed by atoms with E-state index in [0.717, 1.165) is 11.3 Å². The molecule has 1 heterocycles. The van der Waals surface area contributed by atoms with Gasteiger partial charge in [0.2, 0.25) is 5.76 Å². The molecule has 0 fully saturated rings. The third-order valence-electron chi connectivity index (χ3n) is 2.79. The molecule has 1 aromatic carbocycles. The summed E-state index contributed by atoms with van der Waals surface area (Å²) in [5, 5.41) is 2.83. The van der Waals surface area contributed by atoms with Gasteiger partial charge < -0.3 is 9.73 Å². The van der Waals surface area contributed by atoms with Crippen molar-refractivity contribution in [1.29, 1.82) is 0 Å². The summed E-state index contributed by atoms with van der Waals surface area (Å²) in [6, 6.07) is 7.65. The lowest BCUT2D eigenvalue weighted by molar-refractivity contribution is 0.0993. The number of carbonyl (C=O) groups excluding carboxylic acids is 1. The van der Waals surface area contributed by atoms with Crippen molar-refractivity contribution >= 4 is 11.6 Å². The molecule has 4 heteroatoms. The maximum absolute atomic E-state index is 12.2. The van der Waals surface area contributed by atoms with E-state index in [1.165, 1.54) is 0 Å². The minimum atomic E-state index is -0.255. The summed E-state index contributed by atoms with van der Waals surface area (Å²) in [5.41, 5.74) is 2.55. The Hall–Kier alpha value is -2.10. The lowest BCUT2D eigenvalue weighted by atomic mass is 10.1. The number of amides is 1. The number of anilines is 1. The molecule has 1 aromatic heterocycles. The van der Waals surface area contributed by atoms with Crippen LogP contribution in [-0.4, -0.2) is 10.9 Å². The first-order valence-electron chi connectivity index (χ1n) is 6.32. The second kappa shape index (κ2) is 5.26. The number of nitrogens with zero attached hydrogens (tertiary/aromatic N) is 1. The molecule has 19 heavy (non-hydrogen) atoms. The Balaban J connectivity index is 2.25. The van der Waals surface area contributed by atoms with E-state index in [4.69, 9.17) is 4.42 Å². The zero-order valence-electron chi connectivity index (χ0n) is 11.7. The van der Waals surface area contributed by atoms with E-state index in [9.17, 15) is 4.79 Å². The van der Waals surface area contributed by atoms with E-state index < -0.39 is 0 Å². The SMILES string of the molecule is Cc1cccc(NC(=O)c2oc(C)nc2C(C)C)c1. The topological polar surface area (TPSA) is 55.1 Å². The summed E-state index contributed by atoms with van der Waals surface area (Å²) in [4.78, 5) is 16.5. The highest BCUT2D eigenvalue weighted by Crippen LogP contribution is 2.21. The van der Waals surface area contributed by atoms with Crippen molar-refractivity contribution < 1.29 is 9.21 Å². The highest BCUT2D eigenvalue weighted by molar-refractivity contribution is 6.03. The van der Waals surface area contributed by atoms with Crippen LogP contribution in [0.25, 0.3) is 0 Å². The van der Waals surface area contributed by atoms with Gasteiger partial charge in [0.1, 0.15) is 0 Å². The second-order valence-electron chi connectivity index (χ2n) is 4.93. The summed E-state index contributed by atoms with van der Waals surface area (Å²) < 4.78 is 5.42. The number of hydrogen-bond acceptors (Lipinski definition) is 3. The fraction of sp³-hybridized carbons (Fsp3) is 0.333. The van der Waals surface area contributed by atoms with Crippen molar-refractivity contribution in [1.82, 2.24) is 4.98 Å². The Bertz CT molecular complexity index is 600. The molecule has 0 aliphatic rings. The van der Waals surface area contributed by atoms with Crippen LogP contribution in [0.4, 0.5) is 5.69 Å². The summed E-state index contributed by atoms with van der Waals surface area (Å²) in [7, 11) is 0. The largest absolute Gasteiger partial charge is 0.436 e. The summed E-state index contributed by atoms with van der Waals surface area (Å²) in [5.74, 6) is 0.706. The molecule has 2 rings (SSSR count). The first kappa shape index (κ1) is 13.3. The molecule has 0 atom stereocenters. The number of benzene rings is 1.